The molecule has 3 nitrogen and oxygen atoms in total. The van der Waals surface area contributed by atoms with Gasteiger partial charge in [0.2, 0.25) is 0 Å². The molecule has 0 radical (unpaired) electrons. The summed E-state index contributed by atoms with van der Waals surface area (Å²) >= 11 is 0. The molecule has 0 saturated heterocycles. The summed E-state index contributed by atoms with van der Waals surface area (Å²) in [6.07, 6.45) is 1.85. The maximum Gasteiger partial charge on any atom is 0.138 e. The number of hydrogen-bond acceptors (Lipinski definition) is 2. The van der Waals surface area contributed by atoms with E-state index in [9.17, 15) is 0 Å². The standard InChI is InChI=1S/C21H18N2O/c1-2-24-17-10-8-16(9-11-17)20-14-19-18(12-13-22-21(19)23-20)15-6-4-3-5-7-15/h3-14H,2H2,1H3,(H,22,23). The van der Waals surface area contributed by atoms with Gasteiger partial charge >= 0.3 is 0 Å². The van der Waals surface area contributed by atoms with E-state index < -0.39 is 0 Å². The zero-order chi connectivity index (χ0) is 16.4. The third-order valence-corrected chi connectivity index (χ3v) is 4.09. The van der Waals surface area contributed by atoms with Crippen LogP contribution in [-0.2, 0) is 0 Å². The molecule has 118 valence electrons. The van der Waals surface area contributed by atoms with E-state index in [1.54, 1.807) is 0 Å². The largest absolute Gasteiger partial charge is 0.494 e. The van der Waals surface area contributed by atoms with Gasteiger partial charge in [-0.15, -0.1) is 0 Å². The molecule has 2 aromatic carbocycles. The molecule has 0 bridgehead atoms. The molecule has 0 aliphatic carbocycles. The van der Waals surface area contributed by atoms with Gasteiger partial charge in [-0.25, -0.2) is 4.98 Å². The van der Waals surface area contributed by atoms with Gasteiger partial charge in [-0.1, -0.05) is 30.3 Å². The normalized spacial score (nSPS) is 10.9. The van der Waals surface area contributed by atoms with Gasteiger partial charge in [0.25, 0.3) is 0 Å². The van der Waals surface area contributed by atoms with Crippen molar-refractivity contribution < 1.29 is 4.74 Å². The summed E-state index contributed by atoms with van der Waals surface area (Å²) in [5.74, 6) is 0.889. The summed E-state index contributed by atoms with van der Waals surface area (Å²) < 4.78 is 5.51. The first kappa shape index (κ1) is 14.5. The molecule has 0 amide bonds. The first-order valence-corrected chi connectivity index (χ1v) is 8.11. The van der Waals surface area contributed by atoms with Crippen LogP contribution in [0.15, 0.2) is 72.9 Å². The fourth-order valence-corrected chi connectivity index (χ4v) is 2.95. The Kier molecular flexibility index (Phi) is 3.75. The van der Waals surface area contributed by atoms with Gasteiger partial charge in [0.15, 0.2) is 0 Å². The highest BCUT2D eigenvalue weighted by Gasteiger charge is 2.09. The fraction of sp³-hybridized carbons (Fsp3) is 0.0952. The van der Waals surface area contributed by atoms with Gasteiger partial charge < -0.3 is 9.72 Å². The van der Waals surface area contributed by atoms with Crippen molar-refractivity contribution in [3.05, 3.63) is 72.9 Å². The summed E-state index contributed by atoms with van der Waals surface area (Å²) in [6, 6.07) is 22.7. The van der Waals surface area contributed by atoms with Gasteiger partial charge in [-0.05, 0) is 60.0 Å². The number of ether oxygens (including phenoxy) is 1. The quantitative estimate of drug-likeness (QED) is 0.555. The monoisotopic (exact) mass is 314 g/mol. The van der Waals surface area contributed by atoms with Crippen LogP contribution in [-0.4, -0.2) is 16.6 Å². The number of benzene rings is 2. The molecular weight excluding hydrogens is 296 g/mol. The number of H-pyrrole nitrogens is 1. The van der Waals surface area contributed by atoms with Crippen molar-refractivity contribution in [2.75, 3.05) is 6.61 Å². The second-order valence-corrected chi connectivity index (χ2v) is 5.63. The Labute approximate surface area is 140 Å². The van der Waals surface area contributed by atoms with Crippen LogP contribution in [0, 0.1) is 0 Å². The molecule has 4 aromatic rings. The zero-order valence-corrected chi connectivity index (χ0v) is 13.5. The average Bonchev–Trinajstić information content (AvgIpc) is 3.07. The van der Waals surface area contributed by atoms with Gasteiger partial charge in [-0.3, -0.25) is 0 Å². The Hall–Kier alpha value is -3.07. The van der Waals surface area contributed by atoms with E-state index in [0.29, 0.717) is 6.61 Å². The molecule has 0 saturated carbocycles. The molecule has 3 heteroatoms. The van der Waals surface area contributed by atoms with Crippen LogP contribution in [0.4, 0.5) is 0 Å². The van der Waals surface area contributed by atoms with Crippen molar-refractivity contribution in [3.8, 4) is 28.1 Å². The van der Waals surface area contributed by atoms with Gasteiger partial charge in [0.05, 0.1) is 6.61 Å². The second kappa shape index (κ2) is 6.20. The van der Waals surface area contributed by atoms with E-state index in [0.717, 1.165) is 28.0 Å². The third kappa shape index (κ3) is 2.65. The molecule has 0 aliphatic rings. The molecule has 24 heavy (non-hydrogen) atoms. The number of hydrogen-bond donors (Lipinski definition) is 1. The minimum absolute atomic E-state index is 0.677. The second-order valence-electron chi connectivity index (χ2n) is 5.63. The summed E-state index contributed by atoms with van der Waals surface area (Å²) in [5.41, 5.74) is 5.47. The van der Waals surface area contributed by atoms with Crippen molar-refractivity contribution in [1.82, 2.24) is 9.97 Å². The Balaban J connectivity index is 1.78. The van der Waals surface area contributed by atoms with Crippen LogP contribution in [0.1, 0.15) is 6.92 Å². The maximum absolute atomic E-state index is 5.51. The number of fused-ring (bicyclic) bond motifs is 1. The SMILES string of the molecule is CCOc1ccc(-c2cc3c(-c4ccccc4)ccnc3[nH]2)cc1. The van der Waals surface area contributed by atoms with E-state index in [2.05, 4.69) is 58.5 Å². The Morgan fingerprint density at radius 1 is 0.917 bits per heavy atom. The third-order valence-electron chi connectivity index (χ3n) is 4.09. The molecule has 2 heterocycles. The van der Waals surface area contributed by atoms with Gasteiger partial charge in [0.1, 0.15) is 11.4 Å². The van der Waals surface area contributed by atoms with E-state index in [-0.39, 0.29) is 0 Å². The minimum atomic E-state index is 0.677. The molecule has 0 aliphatic heterocycles. The Morgan fingerprint density at radius 2 is 1.71 bits per heavy atom. The van der Waals surface area contributed by atoms with Gasteiger partial charge in [0, 0.05) is 17.3 Å². The summed E-state index contributed by atoms with van der Waals surface area (Å²) in [5, 5.41) is 1.13. The topological polar surface area (TPSA) is 37.9 Å². The van der Waals surface area contributed by atoms with Crippen LogP contribution in [0.3, 0.4) is 0 Å². The highest BCUT2D eigenvalue weighted by atomic mass is 16.5. The first-order valence-electron chi connectivity index (χ1n) is 8.11. The lowest BCUT2D eigenvalue weighted by Crippen LogP contribution is -1.90. The lowest BCUT2D eigenvalue weighted by Gasteiger charge is -2.03. The fourth-order valence-electron chi connectivity index (χ4n) is 2.95. The number of aromatic amines is 1. The molecular formula is C21H18N2O. The van der Waals surface area contributed by atoms with Crippen LogP contribution in [0.2, 0.25) is 0 Å². The van der Waals surface area contributed by atoms with Gasteiger partial charge in [-0.2, -0.15) is 0 Å². The van der Waals surface area contributed by atoms with Crippen molar-refractivity contribution in [2.24, 2.45) is 0 Å². The zero-order valence-electron chi connectivity index (χ0n) is 13.5. The summed E-state index contributed by atoms with van der Waals surface area (Å²) in [4.78, 5) is 7.90. The number of nitrogens with zero attached hydrogens (tertiary/aromatic N) is 1. The highest BCUT2D eigenvalue weighted by Crippen LogP contribution is 2.31. The van der Waals surface area contributed by atoms with E-state index in [4.69, 9.17) is 4.74 Å². The number of rotatable bonds is 4. The molecule has 0 fully saturated rings. The lowest BCUT2D eigenvalue weighted by molar-refractivity contribution is 0.340. The number of pyridine rings is 1. The Bertz CT molecular complexity index is 956. The van der Waals surface area contributed by atoms with E-state index >= 15 is 0 Å². The minimum Gasteiger partial charge on any atom is -0.494 e. The lowest BCUT2D eigenvalue weighted by atomic mass is 10.0. The predicted octanol–water partition coefficient (Wildman–Crippen LogP) is 5.30. The van der Waals surface area contributed by atoms with E-state index in [1.807, 2.05) is 31.3 Å². The average molecular weight is 314 g/mol. The first-order chi connectivity index (χ1) is 11.8. The predicted molar refractivity (Wildman–Crippen MR) is 98.1 cm³/mol. The number of aromatic nitrogens is 2. The highest BCUT2D eigenvalue weighted by molar-refractivity contribution is 5.96. The van der Waals surface area contributed by atoms with Crippen molar-refractivity contribution >= 4 is 11.0 Å². The van der Waals surface area contributed by atoms with E-state index in [1.165, 1.54) is 11.1 Å². The van der Waals surface area contributed by atoms with Crippen LogP contribution in [0.5, 0.6) is 5.75 Å². The van der Waals surface area contributed by atoms with Crippen LogP contribution in [0.25, 0.3) is 33.4 Å². The molecule has 0 atom stereocenters. The van der Waals surface area contributed by atoms with Crippen LogP contribution >= 0.6 is 0 Å². The molecule has 4 rings (SSSR count). The summed E-state index contributed by atoms with van der Waals surface area (Å²) in [6.45, 7) is 2.67. The molecule has 0 unspecified atom stereocenters. The smallest absolute Gasteiger partial charge is 0.138 e. The molecule has 2 aromatic heterocycles. The maximum atomic E-state index is 5.51. The van der Waals surface area contributed by atoms with Crippen molar-refractivity contribution in [3.63, 3.8) is 0 Å². The molecule has 0 spiro atoms. The Morgan fingerprint density at radius 3 is 2.46 bits per heavy atom. The van der Waals surface area contributed by atoms with Crippen molar-refractivity contribution in [1.29, 1.82) is 0 Å². The van der Waals surface area contributed by atoms with Crippen molar-refractivity contribution in [2.45, 2.75) is 6.92 Å². The van der Waals surface area contributed by atoms with Crippen LogP contribution < -0.4 is 4.74 Å². The number of nitrogens with one attached hydrogen (secondary N) is 1. The molecule has 1 N–H and O–H groups in total. The summed E-state index contributed by atoms with van der Waals surface area (Å²) in [7, 11) is 0.